The Morgan fingerprint density at radius 3 is 2.57 bits per heavy atom. The van der Waals surface area contributed by atoms with Gasteiger partial charge in [-0.15, -0.1) is 0 Å². The van der Waals surface area contributed by atoms with Gasteiger partial charge in [-0.2, -0.15) is 0 Å². The molecule has 0 amide bonds. The van der Waals surface area contributed by atoms with Crippen molar-refractivity contribution in [3.8, 4) is 5.75 Å². The standard InChI is InChI=1S/C18H18O3/c1-3-4-11-20-16-10-9-14-13-7-5-6-8-15(13)18(19)21-17(14)12(16)2/h5-10H,3-4,11H2,1-2H3. The molecule has 2 aromatic carbocycles. The molecule has 1 heterocycles. The highest BCUT2D eigenvalue weighted by atomic mass is 16.5. The fourth-order valence-corrected chi connectivity index (χ4v) is 2.54. The van der Waals surface area contributed by atoms with E-state index in [-0.39, 0.29) is 5.63 Å². The Bertz CT molecular complexity index is 846. The molecule has 3 aromatic rings. The first-order chi connectivity index (χ1) is 10.2. The van der Waals surface area contributed by atoms with Gasteiger partial charge in [0.05, 0.1) is 12.0 Å². The minimum atomic E-state index is -0.299. The van der Waals surface area contributed by atoms with Crippen LogP contribution in [0.1, 0.15) is 25.3 Å². The quantitative estimate of drug-likeness (QED) is 0.403. The van der Waals surface area contributed by atoms with E-state index in [4.69, 9.17) is 9.15 Å². The number of benzene rings is 2. The van der Waals surface area contributed by atoms with Gasteiger partial charge in [0.25, 0.3) is 0 Å². The molecule has 0 fully saturated rings. The van der Waals surface area contributed by atoms with Crippen LogP contribution in [0.15, 0.2) is 45.6 Å². The van der Waals surface area contributed by atoms with E-state index in [1.54, 1.807) is 6.07 Å². The lowest BCUT2D eigenvalue weighted by Gasteiger charge is -2.11. The maximum Gasteiger partial charge on any atom is 0.344 e. The minimum Gasteiger partial charge on any atom is -0.493 e. The van der Waals surface area contributed by atoms with Gasteiger partial charge < -0.3 is 9.15 Å². The molecule has 3 heteroatoms. The van der Waals surface area contributed by atoms with Crippen molar-refractivity contribution in [3.63, 3.8) is 0 Å². The van der Waals surface area contributed by atoms with Crippen LogP contribution >= 0.6 is 0 Å². The van der Waals surface area contributed by atoms with Crippen LogP contribution in [-0.4, -0.2) is 6.61 Å². The second-order valence-electron chi connectivity index (χ2n) is 5.20. The zero-order valence-electron chi connectivity index (χ0n) is 12.3. The third kappa shape index (κ3) is 2.40. The van der Waals surface area contributed by atoms with E-state index < -0.39 is 0 Å². The smallest absolute Gasteiger partial charge is 0.344 e. The predicted octanol–water partition coefficient (Wildman–Crippen LogP) is 4.43. The predicted molar refractivity (Wildman–Crippen MR) is 85.1 cm³/mol. The van der Waals surface area contributed by atoms with Crippen molar-refractivity contribution >= 4 is 21.7 Å². The fraction of sp³-hybridized carbons (Fsp3) is 0.278. The first-order valence-electron chi connectivity index (χ1n) is 7.30. The topological polar surface area (TPSA) is 39.4 Å². The summed E-state index contributed by atoms with van der Waals surface area (Å²) >= 11 is 0. The summed E-state index contributed by atoms with van der Waals surface area (Å²) in [5.41, 5.74) is 1.20. The van der Waals surface area contributed by atoms with Crippen LogP contribution in [0.3, 0.4) is 0 Å². The second-order valence-corrected chi connectivity index (χ2v) is 5.20. The lowest BCUT2D eigenvalue weighted by Crippen LogP contribution is -2.02. The van der Waals surface area contributed by atoms with E-state index in [1.165, 1.54) is 0 Å². The third-order valence-electron chi connectivity index (χ3n) is 3.74. The van der Waals surface area contributed by atoms with Crippen LogP contribution in [0, 0.1) is 6.92 Å². The third-order valence-corrected chi connectivity index (χ3v) is 3.74. The molecule has 0 radical (unpaired) electrons. The molecule has 108 valence electrons. The molecular weight excluding hydrogens is 264 g/mol. The fourth-order valence-electron chi connectivity index (χ4n) is 2.54. The average Bonchev–Trinajstić information content (AvgIpc) is 2.51. The Labute approximate surface area is 123 Å². The number of ether oxygens (including phenoxy) is 1. The van der Waals surface area contributed by atoms with Crippen LogP contribution in [0.25, 0.3) is 21.7 Å². The molecule has 0 saturated heterocycles. The molecule has 0 aliphatic carbocycles. The Morgan fingerprint density at radius 1 is 1.05 bits per heavy atom. The van der Waals surface area contributed by atoms with Crippen LogP contribution in [0.5, 0.6) is 5.75 Å². The lowest BCUT2D eigenvalue weighted by molar-refractivity contribution is 0.307. The number of fused-ring (bicyclic) bond motifs is 3. The van der Waals surface area contributed by atoms with Gasteiger partial charge in [-0.1, -0.05) is 31.5 Å². The summed E-state index contributed by atoms with van der Waals surface area (Å²) in [6.07, 6.45) is 2.10. The Hall–Kier alpha value is -2.29. The molecule has 0 aliphatic heterocycles. The van der Waals surface area contributed by atoms with Crippen molar-refractivity contribution in [1.82, 2.24) is 0 Å². The van der Waals surface area contributed by atoms with Crippen molar-refractivity contribution < 1.29 is 9.15 Å². The second kappa shape index (κ2) is 5.60. The highest BCUT2D eigenvalue weighted by molar-refractivity contribution is 6.05. The monoisotopic (exact) mass is 282 g/mol. The molecule has 0 spiro atoms. The summed E-state index contributed by atoms with van der Waals surface area (Å²) in [5.74, 6) is 0.786. The summed E-state index contributed by atoms with van der Waals surface area (Å²) in [6, 6.07) is 11.4. The minimum absolute atomic E-state index is 0.299. The van der Waals surface area contributed by atoms with Crippen LogP contribution in [0.2, 0.25) is 0 Å². The summed E-state index contributed by atoms with van der Waals surface area (Å²) in [7, 11) is 0. The highest BCUT2D eigenvalue weighted by Crippen LogP contribution is 2.30. The first kappa shape index (κ1) is 13.7. The summed E-state index contributed by atoms with van der Waals surface area (Å²) in [4.78, 5) is 12.1. The number of hydrogen-bond donors (Lipinski definition) is 0. The van der Waals surface area contributed by atoms with Gasteiger partial charge in [0.1, 0.15) is 11.3 Å². The van der Waals surface area contributed by atoms with Crippen molar-refractivity contribution in [2.24, 2.45) is 0 Å². The number of unbranched alkanes of at least 4 members (excludes halogenated alkanes) is 1. The number of hydrogen-bond acceptors (Lipinski definition) is 3. The summed E-state index contributed by atoms with van der Waals surface area (Å²) in [6.45, 7) is 4.74. The van der Waals surface area contributed by atoms with E-state index >= 15 is 0 Å². The molecule has 0 saturated carbocycles. The number of aryl methyl sites for hydroxylation is 1. The molecular formula is C18H18O3. The summed E-state index contributed by atoms with van der Waals surface area (Å²) in [5, 5.41) is 2.49. The molecule has 0 N–H and O–H groups in total. The lowest BCUT2D eigenvalue weighted by atomic mass is 10.0. The molecule has 3 rings (SSSR count). The highest BCUT2D eigenvalue weighted by Gasteiger charge is 2.12. The van der Waals surface area contributed by atoms with Crippen molar-refractivity contribution in [2.75, 3.05) is 6.61 Å². The van der Waals surface area contributed by atoms with Gasteiger partial charge in [-0.05, 0) is 36.9 Å². The van der Waals surface area contributed by atoms with Gasteiger partial charge in [0.2, 0.25) is 0 Å². The van der Waals surface area contributed by atoms with Gasteiger partial charge in [0.15, 0.2) is 0 Å². The molecule has 1 aromatic heterocycles. The Balaban J connectivity index is 2.20. The maximum atomic E-state index is 12.1. The van der Waals surface area contributed by atoms with Crippen LogP contribution in [0.4, 0.5) is 0 Å². The van der Waals surface area contributed by atoms with E-state index in [1.807, 2.05) is 37.3 Å². The van der Waals surface area contributed by atoms with E-state index in [0.717, 1.165) is 34.9 Å². The maximum absolute atomic E-state index is 12.1. The van der Waals surface area contributed by atoms with Gasteiger partial charge in [0, 0.05) is 10.9 Å². The Morgan fingerprint density at radius 2 is 1.81 bits per heavy atom. The van der Waals surface area contributed by atoms with Gasteiger partial charge in [-0.25, -0.2) is 4.79 Å². The van der Waals surface area contributed by atoms with Gasteiger partial charge in [-0.3, -0.25) is 0 Å². The van der Waals surface area contributed by atoms with Crippen molar-refractivity contribution in [3.05, 3.63) is 52.4 Å². The van der Waals surface area contributed by atoms with Crippen molar-refractivity contribution in [2.45, 2.75) is 26.7 Å². The molecule has 21 heavy (non-hydrogen) atoms. The van der Waals surface area contributed by atoms with Crippen molar-refractivity contribution in [1.29, 1.82) is 0 Å². The SMILES string of the molecule is CCCCOc1ccc2c(oc(=O)c3ccccc32)c1C. The number of rotatable bonds is 4. The van der Waals surface area contributed by atoms with Gasteiger partial charge >= 0.3 is 5.63 Å². The van der Waals surface area contributed by atoms with Crippen LogP contribution in [-0.2, 0) is 0 Å². The Kier molecular flexibility index (Phi) is 3.65. The van der Waals surface area contributed by atoms with E-state index in [2.05, 4.69) is 6.92 Å². The van der Waals surface area contributed by atoms with Crippen LogP contribution < -0.4 is 10.4 Å². The average molecular weight is 282 g/mol. The zero-order valence-corrected chi connectivity index (χ0v) is 12.3. The normalized spacial score (nSPS) is 11.1. The first-order valence-corrected chi connectivity index (χ1v) is 7.30. The van der Waals surface area contributed by atoms with E-state index in [9.17, 15) is 4.79 Å². The summed E-state index contributed by atoms with van der Waals surface area (Å²) < 4.78 is 11.3. The molecule has 0 unspecified atom stereocenters. The zero-order chi connectivity index (χ0) is 14.8. The van der Waals surface area contributed by atoms with E-state index in [0.29, 0.717) is 17.6 Å². The molecule has 3 nitrogen and oxygen atoms in total. The molecule has 0 aliphatic rings. The molecule has 0 atom stereocenters. The largest absolute Gasteiger partial charge is 0.493 e. The molecule has 0 bridgehead atoms.